The fourth-order valence-electron chi connectivity index (χ4n) is 2.04. The van der Waals surface area contributed by atoms with Gasteiger partial charge in [0.15, 0.2) is 0 Å². The van der Waals surface area contributed by atoms with Gasteiger partial charge in [-0.3, -0.25) is 4.90 Å². The molecule has 0 rings (SSSR count). The van der Waals surface area contributed by atoms with Crippen LogP contribution in [0, 0.1) is 0 Å². The molecule has 0 aliphatic heterocycles. The van der Waals surface area contributed by atoms with Crippen LogP contribution in [0.5, 0.6) is 0 Å². The summed E-state index contributed by atoms with van der Waals surface area (Å²) in [4.78, 5) is 2.00. The van der Waals surface area contributed by atoms with Crippen LogP contribution in [-0.2, 0) is 0 Å². The largest absolute Gasteiger partial charge is 0.397 e. The zero-order valence-electron chi connectivity index (χ0n) is 14.4. The lowest BCUT2D eigenvalue weighted by molar-refractivity contribution is 0.0373. The van der Waals surface area contributed by atoms with Gasteiger partial charge < -0.3 is 10.2 Å². The second kappa shape index (κ2) is 18.9. The lowest BCUT2D eigenvalue weighted by Gasteiger charge is -2.19. The predicted octanol–water partition coefficient (Wildman–Crippen LogP) is 4.18. The Morgan fingerprint density at radius 2 is 1.15 bits per heavy atom. The van der Waals surface area contributed by atoms with Crippen LogP contribution in [0.3, 0.4) is 0 Å². The monoisotopic (exact) mass is 289 g/mol. The SMILES string of the molecule is CCCCCCCCCCCCN(C)C(C)O.CCO. The van der Waals surface area contributed by atoms with Crippen molar-refractivity contribution in [3.8, 4) is 0 Å². The maximum atomic E-state index is 9.29. The van der Waals surface area contributed by atoms with Crippen LogP contribution in [0.4, 0.5) is 0 Å². The molecule has 0 aromatic carbocycles. The summed E-state index contributed by atoms with van der Waals surface area (Å²) < 4.78 is 0. The first-order valence-electron chi connectivity index (χ1n) is 8.59. The Bertz CT molecular complexity index is 163. The first kappa shape index (κ1) is 22.2. The van der Waals surface area contributed by atoms with Gasteiger partial charge in [-0.1, -0.05) is 64.7 Å². The second-order valence-corrected chi connectivity index (χ2v) is 5.61. The van der Waals surface area contributed by atoms with Gasteiger partial charge in [-0.25, -0.2) is 0 Å². The fraction of sp³-hybridized carbons (Fsp3) is 1.00. The molecule has 0 aliphatic carbocycles. The molecule has 20 heavy (non-hydrogen) atoms. The quantitative estimate of drug-likeness (QED) is 0.418. The average Bonchev–Trinajstić information content (AvgIpc) is 2.41. The Morgan fingerprint density at radius 1 is 0.800 bits per heavy atom. The number of aliphatic hydroxyl groups excluding tert-OH is 2. The molecule has 1 atom stereocenters. The molecular weight excluding hydrogens is 250 g/mol. The second-order valence-electron chi connectivity index (χ2n) is 5.61. The molecule has 0 spiro atoms. The van der Waals surface area contributed by atoms with Crippen molar-refractivity contribution in [3.63, 3.8) is 0 Å². The normalized spacial score (nSPS) is 12.2. The molecule has 0 aliphatic rings. The Kier molecular flexibility index (Phi) is 20.9. The highest BCUT2D eigenvalue weighted by atomic mass is 16.3. The third kappa shape index (κ3) is 20.2. The summed E-state index contributed by atoms with van der Waals surface area (Å²) in [5, 5.41) is 16.9. The molecule has 3 nitrogen and oxygen atoms in total. The molecule has 0 fully saturated rings. The van der Waals surface area contributed by atoms with Gasteiger partial charge in [0.1, 0.15) is 6.23 Å². The van der Waals surface area contributed by atoms with Crippen molar-refractivity contribution in [1.82, 2.24) is 4.90 Å². The Labute approximate surface area is 127 Å². The fourth-order valence-corrected chi connectivity index (χ4v) is 2.04. The minimum absolute atomic E-state index is 0.250. The number of nitrogens with zero attached hydrogens (tertiary/aromatic N) is 1. The summed E-state index contributed by atoms with van der Waals surface area (Å²) in [7, 11) is 1.98. The third-order valence-corrected chi connectivity index (χ3v) is 3.50. The van der Waals surface area contributed by atoms with Gasteiger partial charge in [-0.2, -0.15) is 0 Å². The average molecular weight is 290 g/mol. The summed E-state index contributed by atoms with van der Waals surface area (Å²) in [6, 6.07) is 0. The highest BCUT2D eigenvalue weighted by molar-refractivity contribution is 4.53. The third-order valence-electron chi connectivity index (χ3n) is 3.50. The summed E-state index contributed by atoms with van der Waals surface area (Å²) in [6.45, 7) is 7.05. The minimum Gasteiger partial charge on any atom is -0.397 e. The van der Waals surface area contributed by atoms with Crippen molar-refractivity contribution >= 4 is 0 Å². The van der Waals surface area contributed by atoms with E-state index >= 15 is 0 Å². The molecule has 0 heterocycles. The smallest absolute Gasteiger partial charge is 0.104 e. The van der Waals surface area contributed by atoms with Gasteiger partial charge in [-0.15, -0.1) is 0 Å². The van der Waals surface area contributed by atoms with E-state index < -0.39 is 0 Å². The zero-order valence-corrected chi connectivity index (χ0v) is 14.4. The molecule has 0 radical (unpaired) electrons. The maximum Gasteiger partial charge on any atom is 0.104 e. The van der Waals surface area contributed by atoms with Crippen LogP contribution in [-0.4, -0.2) is 41.5 Å². The number of rotatable bonds is 12. The molecule has 0 bridgehead atoms. The molecule has 2 N–H and O–H groups in total. The van der Waals surface area contributed by atoms with E-state index in [4.69, 9.17) is 5.11 Å². The molecule has 0 saturated carbocycles. The van der Waals surface area contributed by atoms with E-state index in [-0.39, 0.29) is 12.8 Å². The van der Waals surface area contributed by atoms with Gasteiger partial charge in [-0.05, 0) is 27.3 Å². The standard InChI is InChI=1S/C15H33NO.C2H6O/c1-4-5-6-7-8-9-10-11-12-13-14-16(3)15(2)17;1-2-3/h15,17H,4-14H2,1-3H3;3H,2H2,1H3. The van der Waals surface area contributed by atoms with E-state index in [0.717, 1.165) is 6.54 Å². The number of aliphatic hydroxyl groups is 2. The highest BCUT2D eigenvalue weighted by Gasteiger charge is 2.02. The van der Waals surface area contributed by atoms with E-state index in [2.05, 4.69) is 6.92 Å². The van der Waals surface area contributed by atoms with Gasteiger partial charge in [0.25, 0.3) is 0 Å². The van der Waals surface area contributed by atoms with E-state index in [1.54, 1.807) is 6.92 Å². The Hall–Kier alpha value is -0.120. The van der Waals surface area contributed by atoms with Crippen molar-refractivity contribution in [2.24, 2.45) is 0 Å². The van der Waals surface area contributed by atoms with Crippen molar-refractivity contribution in [1.29, 1.82) is 0 Å². The summed E-state index contributed by atoms with van der Waals surface area (Å²) in [5.74, 6) is 0. The van der Waals surface area contributed by atoms with E-state index in [1.807, 2.05) is 18.9 Å². The topological polar surface area (TPSA) is 43.7 Å². The van der Waals surface area contributed by atoms with Crippen LogP contribution < -0.4 is 0 Å². The van der Waals surface area contributed by atoms with Crippen molar-refractivity contribution < 1.29 is 10.2 Å². The van der Waals surface area contributed by atoms with Crippen LogP contribution >= 0.6 is 0 Å². The lowest BCUT2D eigenvalue weighted by atomic mass is 10.1. The first-order valence-corrected chi connectivity index (χ1v) is 8.59. The van der Waals surface area contributed by atoms with Crippen molar-refractivity contribution in [3.05, 3.63) is 0 Å². The number of hydrogen-bond acceptors (Lipinski definition) is 3. The summed E-state index contributed by atoms with van der Waals surface area (Å²) in [5.41, 5.74) is 0. The van der Waals surface area contributed by atoms with Crippen LogP contribution in [0.25, 0.3) is 0 Å². The van der Waals surface area contributed by atoms with Gasteiger partial charge in [0.05, 0.1) is 0 Å². The zero-order chi connectivity index (χ0) is 15.6. The van der Waals surface area contributed by atoms with Gasteiger partial charge in [0, 0.05) is 13.2 Å². The van der Waals surface area contributed by atoms with Crippen molar-refractivity contribution in [2.45, 2.75) is 91.2 Å². The van der Waals surface area contributed by atoms with Crippen LogP contribution in [0.2, 0.25) is 0 Å². The van der Waals surface area contributed by atoms with Gasteiger partial charge >= 0.3 is 0 Å². The summed E-state index contributed by atoms with van der Waals surface area (Å²) in [6.07, 6.45) is 13.4. The molecule has 1 unspecified atom stereocenters. The molecular formula is C17H39NO2. The van der Waals surface area contributed by atoms with Crippen LogP contribution in [0.15, 0.2) is 0 Å². The van der Waals surface area contributed by atoms with Crippen molar-refractivity contribution in [2.75, 3.05) is 20.2 Å². The molecule has 3 heteroatoms. The van der Waals surface area contributed by atoms with E-state index in [9.17, 15) is 5.11 Å². The highest BCUT2D eigenvalue weighted by Crippen LogP contribution is 2.10. The predicted molar refractivity (Wildman–Crippen MR) is 88.9 cm³/mol. The first-order chi connectivity index (χ1) is 9.59. The molecule has 124 valence electrons. The summed E-state index contributed by atoms with van der Waals surface area (Å²) >= 11 is 0. The Balaban J connectivity index is 0. The van der Waals surface area contributed by atoms with Crippen LogP contribution in [0.1, 0.15) is 85.0 Å². The molecule has 0 aromatic rings. The minimum atomic E-state index is -0.298. The van der Waals surface area contributed by atoms with E-state index in [1.165, 1.54) is 64.2 Å². The maximum absolute atomic E-state index is 9.29. The Morgan fingerprint density at radius 3 is 1.50 bits per heavy atom. The number of hydrogen-bond donors (Lipinski definition) is 2. The molecule has 0 aromatic heterocycles. The molecule has 0 amide bonds. The van der Waals surface area contributed by atoms with Gasteiger partial charge in [0.2, 0.25) is 0 Å². The number of unbranched alkanes of at least 4 members (excludes halogenated alkanes) is 9. The van der Waals surface area contributed by atoms with E-state index in [0.29, 0.717) is 0 Å². The lowest BCUT2D eigenvalue weighted by Crippen LogP contribution is -2.29. The molecule has 0 saturated heterocycles.